The van der Waals surface area contributed by atoms with Gasteiger partial charge in [0.25, 0.3) is 5.91 Å². The van der Waals surface area contributed by atoms with Gasteiger partial charge in [0.15, 0.2) is 5.60 Å². The number of methoxy groups -OCH3 is 1. The number of benzene rings is 1. The van der Waals surface area contributed by atoms with Crippen molar-refractivity contribution in [3.8, 4) is 5.75 Å². The molecule has 6 rings (SSSR count). The SMILES string of the molecule is COC1(OO[C@H]2CC[C@@H](c3ccc(OC(C)(C)C(=O)NCC(C)(C)N)cc3)CC2)C2CC3CC(C2)CC1C3. The van der Waals surface area contributed by atoms with Gasteiger partial charge in [-0.05, 0) is 121 Å². The molecule has 1 amide bonds. The summed E-state index contributed by atoms with van der Waals surface area (Å²) in [4.78, 5) is 25.0. The number of ether oxygens (including phenoxy) is 2. The number of carbonyl (C=O) groups excluding carboxylic acids is 1. The number of hydrogen-bond acceptors (Lipinski definition) is 6. The zero-order valence-electron chi connectivity index (χ0n) is 24.0. The zero-order chi connectivity index (χ0) is 27.1. The van der Waals surface area contributed by atoms with Crippen LogP contribution in [0.5, 0.6) is 5.75 Å². The minimum absolute atomic E-state index is 0.121. The highest BCUT2D eigenvalue weighted by Crippen LogP contribution is 2.60. The normalized spacial score (nSPS) is 34.8. The number of amides is 1. The summed E-state index contributed by atoms with van der Waals surface area (Å²) >= 11 is 0. The quantitative estimate of drug-likeness (QED) is 0.238. The second-order valence-corrected chi connectivity index (χ2v) is 13.7. The van der Waals surface area contributed by atoms with Crippen LogP contribution in [0.4, 0.5) is 0 Å². The lowest BCUT2D eigenvalue weighted by Gasteiger charge is -2.58. The summed E-state index contributed by atoms with van der Waals surface area (Å²) in [5, 5.41) is 2.88. The highest BCUT2D eigenvalue weighted by atomic mass is 17.2. The van der Waals surface area contributed by atoms with Crippen LogP contribution in [0.15, 0.2) is 24.3 Å². The lowest BCUT2D eigenvalue weighted by atomic mass is 9.53. The summed E-state index contributed by atoms with van der Waals surface area (Å²) in [6.45, 7) is 7.71. The first-order chi connectivity index (χ1) is 18.0. The third-order valence-corrected chi connectivity index (χ3v) is 9.56. The van der Waals surface area contributed by atoms with Gasteiger partial charge in [-0.25, -0.2) is 9.78 Å². The highest BCUT2D eigenvalue weighted by molar-refractivity contribution is 5.84. The van der Waals surface area contributed by atoms with E-state index in [0.29, 0.717) is 30.0 Å². The number of carbonyl (C=O) groups is 1. The Balaban J connectivity index is 1.09. The predicted molar refractivity (Wildman–Crippen MR) is 146 cm³/mol. The van der Waals surface area contributed by atoms with Crippen LogP contribution in [-0.2, 0) is 19.3 Å². The van der Waals surface area contributed by atoms with Crippen molar-refractivity contribution < 1.29 is 24.0 Å². The van der Waals surface area contributed by atoms with Crippen LogP contribution >= 0.6 is 0 Å². The molecule has 4 bridgehead atoms. The van der Waals surface area contributed by atoms with Gasteiger partial charge < -0.3 is 20.5 Å². The molecule has 0 saturated heterocycles. The Hall–Kier alpha value is -1.67. The van der Waals surface area contributed by atoms with Crippen LogP contribution in [0.2, 0.25) is 0 Å². The van der Waals surface area contributed by atoms with Crippen molar-refractivity contribution in [3.63, 3.8) is 0 Å². The van der Waals surface area contributed by atoms with E-state index in [1.807, 2.05) is 33.1 Å². The maximum atomic E-state index is 12.6. The molecule has 0 unspecified atom stereocenters. The van der Waals surface area contributed by atoms with Gasteiger partial charge in [0, 0.05) is 31.0 Å². The molecule has 0 spiro atoms. The number of rotatable bonds is 10. The molecule has 38 heavy (non-hydrogen) atoms. The molecule has 0 aliphatic heterocycles. The summed E-state index contributed by atoms with van der Waals surface area (Å²) in [6, 6.07) is 8.20. The molecular formula is C31H48N2O5. The molecule has 5 aliphatic rings. The Bertz CT molecular complexity index is 933. The second-order valence-electron chi connectivity index (χ2n) is 13.7. The van der Waals surface area contributed by atoms with Crippen molar-refractivity contribution in [2.75, 3.05) is 13.7 Å². The van der Waals surface area contributed by atoms with E-state index in [2.05, 4.69) is 17.4 Å². The highest BCUT2D eigenvalue weighted by Gasteiger charge is 2.60. The molecule has 0 radical (unpaired) electrons. The van der Waals surface area contributed by atoms with Gasteiger partial charge in [0.05, 0.1) is 6.10 Å². The zero-order valence-corrected chi connectivity index (χ0v) is 24.0. The fraction of sp³-hybridized carbons (Fsp3) is 0.774. The van der Waals surface area contributed by atoms with Gasteiger partial charge >= 0.3 is 0 Å². The van der Waals surface area contributed by atoms with Crippen molar-refractivity contribution in [1.82, 2.24) is 5.32 Å². The molecule has 5 saturated carbocycles. The Kier molecular flexibility index (Phi) is 7.86. The fourth-order valence-corrected chi connectivity index (χ4v) is 7.65. The predicted octanol–water partition coefficient (Wildman–Crippen LogP) is 5.47. The first-order valence-electron chi connectivity index (χ1n) is 14.7. The first-order valence-corrected chi connectivity index (χ1v) is 14.7. The third kappa shape index (κ3) is 5.91. The molecule has 5 fully saturated rings. The van der Waals surface area contributed by atoms with Crippen molar-refractivity contribution in [1.29, 1.82) is 0 Å². The Morgan fingerprint density at radius 1 is 0.947 bits per heavy atom. The van der Waals surface area contributed by atoms with Crippen molar-refractivity contribution in [3.05, 3.63) is 29.8 Å². The molecule has 1 aromatic rings. The maximum absolute atomic E-state index is 12.6. The Morgan fingerprint density at radius 3 is 2.05 bits per heavy atom. The topological polar surface area (TPSA) is 92.0 Å². The summed E-state index contributed by atoms with van der Waals surface area (Å²) < 4.78 is 12.1. The Labute approximate surface area is 228 Å². The van der Waals surface area contributed by atoms with Gasteiger partial charge in [-0.15, -0.1) is 0 Å². The number of nitrogens with two attached hydrogens (primary N) is 1. The van der Waals surface area contributed by atoms with Gasteiger partial charge in [-0.2, -0.15) is 0 Å². The monoisotopic (exact) mass is 528 g/mol. The van der Waals surface area contributed by atoms with E-state index in [1.165, 1.54) is 37.7 Å². The van der Waals surface area contributed by atoms with Crippen LogP contribution < -0.4 is 15.8 Å². The molecule has 0 heterocycles. The van der Waals surface area contributed by atoms with Gasteiger partial charge in [0.2, 0.25) is 5.79 Å². The van der Waals surface area contributed by atoms with E-state index in [1.54, 1.807) is 13.8 Å². The van der Waals surface area contributed by atoms with Crippen LogP contribution in [0.1, 0.15) is 97.0 Å². The summed E-state index contributed by atoms with van der Waals surface area (Å²) in [5.41, 5.74) is 5.84. The van der Waals surface area contributed by atoms with Crippen LogP contribution in [0, 0.1) is 23.7 Å². The van der Waals surface area contributed by atoms with Gasteiger partial charge in [-0.1, -0.05) is 12.1 Å². The van der Waals surface area contributed by atoms with E-state index >= 15 is 0 Å². The van der Waals surface area contributed by atoms with E-state index in [9.17, 15) is 4.79 Å². The number of nitrogens with one attached hydrogen (secondary N) is 1. The molecule has 0 aromatic heterocycles. The summed E-state index contributed by atoms with van der Waals surface area (Å²) in [6.07, 6.45) is 10.5. The molecule has 7 nitrogen and oxygen atoms in total. The standard InChI is InChI=1S/C31H48N2O5/c1-29(2,32)19-33-28(34)30(3,4)36-26-10-6-22(7-11-26)23-8-12-27(13-9-23)37-38-31(35-5)24-15-20-14-21(17-24)18-25(31)16-20/h6-7,10-11,20-21,23-25,27H,8-9,12-19,32H2,1-5H3,(H,33,34)/t20?,21?,23-,24?,25?,27+,31?. The van der Waals surface area contributed by atoms with E-state index in [4.69, 9.17) is 25.0 Å². The fourth-order valence-electron chi connectivity index (χ4n) is 7.65. The largest absolute Gasteiger partial charge is 0.478 e. The van der Waals surface area contributed by atoms with Crippen molar-refractivity contribution in [2.24, 2.45) is 29.4 Å². The molecular weight excluding hydrogens is 480 g/mol. The average Bonchev–Trinajstić information content (AvgIpc) is 2.87. The molecule has 3 N–H and O–H groups in total. The smallest absolute Gasteiger partial charge is 0.263 e. The minimum atomic E-state index is -0.987. The molecule has 0 atom stereocenters. The van der Waals surface area contributed by atoms with E-state index in [0.717, 1.165) is 37.5 Å². The van der Waals surface area contributed by atoms with Gasteiger partial charge in [0.1, 0.15) is 5.75 Å². The van der Waals surface area contributed by atoms with Crippen LogP contribution in [0.3, 0.4) is 0 Å². The molecule has 5 aliphatic carbocycles. The number of hydrogen-bond donors (Lipinski definition) is 2. The lowest BCUT2D eigenvalue weighted by molar-refractivity contribution is -0.485. The minimum Gasteiger partial charge on any atom is -0.478 e. The van der Waals surface area contributed by atoms with Crippen LogP contribution in [-0.4, -0.2) is 42.6 Å². The maximum Gasteiger partial charge on any atom is 0.263 e. The third-order valence-electron chi connectivity index (χ3n) is 9.56. The van der Waals surface area contributed by atoms with Crippen molar-refractivity contribution >= 4 is 5.91 Å². The Morgan fingerprint density at radius 2 is 1.53 bits per heavy atom. The first kappa shape index (κ1) is 27.9. The molecule has 212 valence electrons. The van der Waals surface area contributed by atoms with E-state index < -0.39 is 16.9 Å². The summed E-state index contributed by atoms with van der Waals surface area (Å²) in [5.74, 6) is 3.15. The molecule has 7 heteroatoms. The molecule has 1 aromatic carbocycles. The van der Waals surface area contributed by atoms with E-state index in [-0.39, 0.29) is 12.0 Å². The summed E-state index contributed by atoms with van der Waals surface area (Å²) in [7, 11) is 1.81. The lowest BCUT2D eigenvalue weighted by Crippen LogP contribution is -2.60. The van der Waals surface area contributed by atoms with Gasteiger partial charge in [-0.3, -0.25) is 4.79 Å². The second kappa shape index (κ2) is 10.7. The average molecular weight is 529 g/mol. The van der Waals surface area contributed by atoms with Crippen LogP contribution in [0.25, 0.3) is 0 Å². The van der Waals surface area contributed by atoms with Crippen molar-refractivity contribution in [2.45, 2.75) is 114 Å².